The lowest BCUT2D eigenvalue weighted by molar-refractivity contribution is -0.136. The fourth-order valence-electron chi connectivity index (χ4n) is 3.70. The summed E-state index contributed by atoms with van der Waals surface area (Å²) < 4.78 is 0. The number of hydrogen-bond donors (Lipinski definition) is 3. The molecule has 1 unspecified atom stereocenters. The van der Waals surface area contributed by atoms with Gasteiger partial charge in [0, 0.05) is 17.8 Å². The molecule has 3 aromatic carbocycles. The minimum absolute atomic E-state index is 0.0740. The zero-order valence-corrected chi connectivity index (χ0v) is 19.4. The Morgan fingerprint density at radius 2 is 1.50 bits per heavy atom. The van der Waals surface area contributed by atoms with E-state index in [2.05, 4.69) is 42.7 Å². The highest BCUT2D eigenvalue weighted by atomic mass is 16.4. The van der Waals surface area contributed by atoms with Crippen LogP contribution < -0.4 is 10.6 Å². The number of rotatable bonds is 10. The van der Waals surface area contributed by atoms with Crippen LogP contribution in [-0.2, 0) is 4.79 Å². The molecule has 3 rings (SSSR count). The third-order valence-electron chi connectivity index (χ3n) is 5.48. The van der Waals surface area contributed by atoms with E-state index < -0.39 is 5.97 Å². The Bertz CT molecular complexity index is 1150. The highest BCUT2D eigenvalue weighted by Crippen LogP contribution is 2.28. The monoisotopic (exact) mass is 455 g/mol. The third kappa shape index (κ3) is 6.94. The van der Waals surface area contributed by atoms with Crippen LogP contribution in [-0.4, -0.2) is 23.5 Å². The number of carbonyl (C=O) groups is 2. The molecule has 1 amide bonds. The summed E-state index contributed by atoms with van der Waals surface area (Å²) in [6.07, 6.45) is 0.815. The number of anilines is 1. The molecule has 0 saturated heterocycles. The number of nitriles is 1. The molecule has 0 aliphatic rings. The maximum Gasteiger partial charge on any atom is 0.305 e. The number of carboxylic acid groups (broad SMARTS) is 1. The summed E-state index contributed by atoms with van der Waals surface area (Å²) in [7, 11) is 0. The van der Waals surface area contributed by atoms with Gasteiger partial charge >= 0.3 is 5.97 Å². The lowest BCUT2D eigenvalue weighted by Crippen LogP contribution is -2.26. The maximum atomic E-state index is 12.2. The van der Waals surface area contributed by atoms with Gasteiger partial charge in [-0.15, -0.1) is 0 Å². The second kappa shape index (κ2) is 11.7. The van der Waals surface area contributed by atoms with Crippen LogP contribution in [0, 0.1) is 17.2 Å². The van der Waals surface area contributed by atoms with E-state index >= 15 is 0 Å². The van der Waals surface area contributed by atoms with Crippen LogP contribution >= 0.6 is 0 Å². The normalized spacial score (nSPS) is 11.5. The second-order valence-electron chi connectivity index (χ2n) is 8.61. The molecule has 0 radical (unpaired) electrons. The van der Waals surface area contributed by atoms with Crippen LogP contribution in [0.15, 0.2) is 72.8 Å². The van der Waals surface area contributed by atoms with Crippen molar-refractivity contribution in [3.8, 4) is 17.2 Å². The summed E-state index contributed by atoms with van der Waals surface area (Å²) in [5, 5.41) is 23.9. The molecule has 3 aromatic rings. The van der Waals surface area contributed by atoms with Gasteiger partial charge in [0.15, 0.2) is 0 Å². The Hall–Kier alpha value is -4.11. The van der Waals surface area contributed by atoms with E-state index in [1.165, 1.54) is 0 Å². The second-order valence-corrected chi connectivity index (χ2v) is 8.61. The van der Waals surface area contributed by atoms with Gasteiger partial charge in [-0.1, -0.05) is 50.2 Å². The summed E-state index contributed by atoms with van der Waals surface area (Å²) in [5.74, 6) is -0.753. The Morgan fingerprint density at radius 3 is 2.03 bits per heavy atom. The predicted molar refractivity (Wildman–Crippen MR) is 133 cm³/mol. The van der Waals surface area contributed by atoms with Gasteiger partial charge in [-0.25, -0.2) is 0 Å². The van der Waals surface area contributed by atoms with Gasteiger partial charge in [0.25, 0.3) is 5.91 Å². The van der Waals surface area contributed by atoms with E-state index in [-0.39, 0.29) is 24.9 Å². The molecule has 0 saturated carbocycles. The number of amides is 1. The number of benzene rings is 3. The van der Waals surface area contributed by atoms with Crippen molar-refractivity contribution in [1.82, 2.24) is 5.32 Å². The predicted octanol–water partition coefficient (Wildman–Crippen LogP) is 5.63. The lowest BCUT2D eigenvalue weighted by Gasteiger charge is -2.23. The van der Waals surface area contributed by atoms with E-state index in [9.17, 15) is 9.59 Å². The molecule has 6 heteroatoms. The van der Waals surface area contributed by atoms with Crippen molar-refractivity contribution in [2.24, 2.45) is 5.92 Å². The zero-order chi connectivity index (χ0) is 24.5. The zero-order valence-electron chi connectivity index (χ0n) is 19.4. The van der Waals surface area contributed by atoms with Crippen LogP contribution in [0.4, 0.5) is 5.69 Å². The van der Waals surface area contributed by atoms with Gasteiger partial charge in [-0.3, -0.25) is 9.59 Å². The molecule has 0 heterocycles. The summed E-state index contributed by atoms with van der Waals surface area (Å²) >= 11 is 0. The van der Waals surface area contributed by atoms with Crippen molar-refractivity contribution in [1.29, 1.82) is 5.26 Å². The van der Waals surface area contributed by atoms with Crippen LogP contribution in [0.25, 0.3) is 11.1 Å². The largest absolute Gasteiger partial charge is 0.481 e. The minimum atomic E-state index is -0.941. The first-order valence-corrected chi connectivity index (χ1v) is 11.3. The number of hydrogen-bond acceptors (Lipinski definition) is 4. The molecule has 1 atom stereocenters. The van der Waals surface area contributed by atoms with Gasteiger partial charge in [-0.2, -0.15) is 5.26 Å². The smallest absolute Gasteiger partial charge is 0.305 e. The molecule has 174 valence electrons. The van der Waals surface area contributed by atoms with E-state index in [0.717, 1.165) is 28.8 Å². The van der Waals surface area contributed by atoms with Gasteiger partial charge in [0.05, 0.1) is 24.1 Å². The van der Waals surface area contributed by atoms with Crippen LogP contribution in [0.5, 0.6) is 0 Å². The molecule has 34 heavy (non-hydrogen) atoms. The van der Waals surface area contributed by atoms with Gasteiger partial charge in [0.2, 0.25) is 0 Å². The fourth-order valence-corrected chi connectivity index (χ4v) is 3.70. The maximum absolute atomic E-state index is 12.2. The van der Waals surface area contributed by atoms with Crippen LogP contribution in [0.1, 0.15) is 54.2 Å². The Morgan fingerprint density at radius 1 is 0.912 bits per heavy atom. The highest BCUT2D eigenvalue weighted by Gasteiger charge is 2.15. The highest BCUT2D eigenvalue weighted by molar-refractivity contribution is 5.94. The quantitative estimate of drug-likeness (QED) is 0.368. The number of carboxylic acids is 1. The Balaban J connectivity index is 1.70. The summed E-state index contributed by atoms with van der Waals surface area (Å²) in [4.78, 5) is 22.8. The summed E-state index contributed by atoms with van der Waals surface area (Å²) in [6.45, 7) is 4.45. The molecule has 0 bridgehead atoms. The number of aliphatic carboxylic acids is 1. The van der Waals surface area contributed by atoms with Crippen molar-refractivity contribution in [2.75, 3.05) is 11.9 Å². The molecule has 6 nitrogen and oxygen atoms in total. The minimum Gasteiger partial charge on any atom is -0.481 e. The van der Waals surface area contributed by atoms with E-state index in [4.69, 9.17) is 10.4 Å². The molecular weight excluding hydrogens is 426 g/mol. The van der Waals surface area contributed by atoms with E-state index in [1.54, 1.807) is 12.1 Å². The summed E-state index contributed by atoms with van der Waals surface area (Å²) in [5.41, 5.74) is 5.35. The van der Waals surface area contributed by atoms with Gasteiger partial charge < -0.3 is 15.7 Å². The first-order chi connectivity index (χ1) is 16.4. The van der Waals surface area contributed by atoms with E-state index in [1.807, 2.05) is 48.5 Å². The number of nitrogens with one attached hydrogen (secondary N) is 2. The van der Waals surface area contributed by atoms with Crippen molar-refractivity contribution in [3.05, 3.63) is 89.5 Å². The average molecular weight is 456 g/mol. The topological polar surface area (TPSA) is 102 Å². The van der Waals surface area contributed by atoms with Crippen LogP contribution in [0.3, 0.4) is 0 Å². The molecular formula is C28H29N3O3. The Labute approximate surface area is 200 Å². The van der Waals surface area contributed by atoms with Crippen molar-refractivity contribution in [3.63, 3.8) is 0 Å². The van der Waals surface area contributed by atoms with Crippen molar-refractivity contribution >= 4 is 17.6 Å². The average Bonchev–Trinajstić information content (AvgIpc) is 2.84. The Kier molecular flexibility index (Phi) is 8.42. The first-order valence-electron chi connectivity index (χ1n) is 11.3. The summed E-state index contributed by atoms with van der Waals surface area (Å²) in [6, 6.07) is 25.4. The van der Waals surface area contributed by atoms with Gasteiger partial charge in [0.1, 0.15) is 0 Å². The third-order valence-corrected chi connectivity index (χ3v) is 5.48. The van der Waals surface area contributed by atoms with Crippen molar-refractivity contribution in [2.45, 2.75) is 32.7 Å². The first kappa shape index (κ1) is 24.5. The molecule has 0 aromatic heterocycles. The molecule has 3 N–H and O–H groups in total. The standard InChI is InChI=1S/C28H29N3O3/c1-19(2)17-26(23-7-9-24(10-8-23)28(34)30-16-15-27(32)33)31-25-13-11-22(12-14-25)21-5-3-20(18-29)4-6-21/h3-14,19,26,31H,15-17H2,1-2H3,(H,30,34)(H,32,33). The fraction of sp³-hybridized carbons (Fsp3) is 0.250. The number of nitrogens with zero attached hydrogens (tertiary/aromatic N) is 1. The van der Waals surface area contributed by atoms with Crippen LogP contribution in [0.2, 0.25) is 0 Å². The van der Waals surface area contributed by atoms with Gasteiger partial charge in [-0.05, 0) is 65.4 Å². The molecule has 0 fully saturated rings. The number of carbonyl (C=O) groups excluding carboxylic acids is 1. The lowest BCUT2D eigenvalue weighted by atomic mass is 9.95. The molecule has 0 spiro atoms. The molecule has 0 aliphatic heterocycles. The van der Waals surface area contributed by atoms with E-state index in [0.29, 0.717) is 17.0 Å². The molecule has 0 aliphatic carbocycles. The SMILES string of the molecule is CC(C)CC(Nc1ccc(-c2ccc(C#N)cc2)cc1)c1ccc(C(=O)NCCC(=O)O)cc1. The van der Waals surface area contributed by atoms with Crippen molar-refractivity contribution < 1.29 is 14.7 Å².